The number of ketones is 1. The lowest BCUT2D eigenvalue weighted by atomic mass is 9.99. The lowest BCUT2D eigenvalue weighted by Gasteiger charge is -2.06. The average molecular weight is 350 g/mol. The van der Waals surface area contributed by atoms with Crippen LogP contribution in [-0.2, 0) is 9.53 Å². The number of Topliss-reactive ketones (excluding diaryl/α,β-unsaturated/α-hetero) is 1. The number of thiophene rings is 1. The normalized spacial score (nSPS) is 15.9. The molecule has 1 atom stereocenters. The molecule has 0 spiro atoms. The van der Waals surface area contributed by atoms with Crippen LogP contribution in [0.4, 0.5) is 5.69 Å². The summed E-state index contributed by atoms with van der Waals surface area (Å²) in [6.07, 6.45) is 0. The number of fused-ring (bicyclic) bond motifs is 1. The van der Waals surface area contributed by atoms with Crippen LogP contribution in [0.2, 0.25) is 4.34 Å². The Bertz CT molecular complexity index is 814. The van der Waals surface area contributed by atoms with Crippen molar-refractivity contribution in [2.75, 3.05) is 11.9 Å². The van der Waals surface area contributed by atoms with Crippen molar-refractivity contribution in [2.24, 2.45) is 0 Å². The minimum absolute atomic E-state index is 0.0920. The molecule has 1 aliphatic rings. The molecule has 1 N–H and O–H groups in total. The molecule has 118 valence electrons. The van der Waals surface area contributed by atoms with Crippen molar-refractivity contribution in [3.63, 3.8) is 0 Å². The Morgan fingerprint density at radius 1 is 1.30 bits per heavy atom. The van der Waals surface area contributed by atoms with E-state index in [1.807, 2.05) is 0 Å². The maximum Gasteiger partial charge on any atom is 0.348 e. The van der Waals surface area contributed by atoms with Crippen LogP contribution in [0.1, 0.15) is 38.4 Å². The van der Waals surface area contributed by atoms with Crippen molar-refractivity contribution >= 4 is 46.3 Å². The van der Waals surface area contributed by atoms with Crippen LogP contribution in [0.3, 0.4) is 0 Å². The molecule has 1 aromatic carbocycles. The van der Waals surface area contributed by atoms with Gasteiger partial charge >= 0.3 is 5.97 Å². The number of esters is 1. The fourth-order valence-corrected chi connectivity index (χ4v) is 3.24. The van der Waals surface area contributed by atoms with E-state index in [1.165, 1.54) is 0 Å². The number of carbonyl (C=O) groups is 3. The first kappa shape index (κ1) is 15.7. The molecule has 7 heteroatoms. The number of nitrogens with one attached hydrogen (secondary N) is 1. The maximum atomic E-state index is 12.2. The number of ether oxygens (including phenoxy) is 1. The Kier molecular flexibility index (Phi) is 4.19. The average Bonchev–Trinajstić information content (AvgIpc) is 3.09. The van der Waals surface area contributed by atoms with Gasteiger partial charge in [0.25, 0.3) is 0 Å². The molecule has 2 aromatic rings. The standard InChI is InChI=1S/C16H12ClNO4S/c1-8-10-6-9(2-3-11(10)18-15(8)20)12(19)7-22-16(21)13-4-5-14(17)23-13/h2-6,8H,7H2,1H3,(H,18,20)/t8-/m1/s1. The molecular weight excluding hydrogens is 338 g/mol. The summed E-state index contributed by atoms with van der Waals surface area (Å²) in [5, 5.41) is 2.74. The van der Waals surface area contributed by atoms with Gasteiger partial charge in [-0.3, -0.25) is 9.59 Å². The van der Waals surface area contributed by atoms with E-state index in [1.54, 1.807) is 37.3 Å². The molecule has 0 radical (unpaired) electrons. The van der Waals surface area contributed by atoms with Crippen molar-refractivity contribution in [3.05, 3.63) is 50.7 Å². The first-order valence-electron chi connectivity index (χ1n) is 6.86. The van der Waals surface area contributed by atoms with Gasteiger partial charge in [0.1, 0.15) is 4.88 Å². The predicted octanol–water partition coefficient (Wildman–Crippen LogP) is 3.50. The topological polar surface area (TPSA) is 72.5 Å². The Morgan fingerprint density at radius 3 is 2.78 bits per heavy atom. The van der Waals surface area contributed by atoms with Gasteiger partial charge in [0.2, 0.25) is 5.91 Å². The van der Waals surface area contributed by atoms with Gasteiger partial charge in [-0.05, 0) is 42.8 Å². The first-order valence-corrected chi connectivity index (χ1v) is 8.05. The van der Waals surface area contributed by atoms with Crippen molar-refractivity contribution in [3.8, 4) is 0 Å². The highest BCUT2D eigenvalue weighted by atomic mass is 35.5. The largest absolute Gasteiger partial charge is 0.453 e. The molecule has 1 amide bonds. The lowest BCUT2D eigenvalue weighted by molar-refractivity contribution is -0.116. The van der Waals surface area contributed by atoms with Crippen LogP contribution < -0.4 is 5.32 Å². The molecule has 0 unspecified atom stereocenters. The molecule has 5 nitrogen and oxygen atoms in total. The monoisotopic (exact) mass is 349 g/mol. The number of halogens is 1. The second-order valence-electron chi connectivity index (χ2n) is 5.12. The zero-order chi connectivity index (χ0) is 16.6. The molecule has 23 heavy (non-hydrogen) atoms. The summed E-state index contributed by atoms with van der Waals surface area (Å²) in [6, 6.07) is 8.10. The van der Waals surface area contributed by atoms with Crippen LogP contribution in [0.5, 0.6) is 0 Å². The minimum atomic E-state index is -0.582. The summed E-state index contributed by atoms with van der Waals surface area (Å²) in [6.45, 7) is 1.42. The van der Waals surface area contributed by atoms with Gasteiger partial charge in [-0.25, -0.2) is 4.79 Å². The van der Waals surface area contributed by atoms with Crippen LogP contribution in [0.25, 0.3) is 0 Å². The zero-order valence-corrected chi connectivity index (χ0v) is 13.7. The van der Waals surface area contributed by atoms with E-state index >= 15 is 0 Å². The van der Waals surface area contributed by atoms with Gasteiger partial charge in [-0.15, -0.1) is 11.3 Å². The third-order valence-electron chi connectivity index (χ3n) is 3.60. The van der Waals surface area contributed by atoms with Gasteiger partial charge in [-0.1, -0.05) is 11.6 Å². The molecule has 2 heterocycles. The second kappa shape index (κ2) is 6.14. The molecule has 0 saturated heterocycles. The van der Waals surface area contributed by atoms with E-state index in [-0.39, 0.29) is 24.2 Å². The molecule has 0 saturated carbocycles. The van der Waals surface area contributed by atoms with E-state index < -0.39 is 5.97 Å². The van der Waals surface area contributed by atoms with E-state index in [0.717, 1.165) is 16.9 Å². The molecular formula is C16H12ClNO4S. The fraction of sp³-hybridized carbons (Fsp3) is 0.188. The molecule has 1 aliphatic heterocycles. The summed E-state index contributed by atoms with van der Waals surface area (Å²) in [5.41, 5.74) is 1.89. The summed E-state index contributed by atoms with van der Waals surface area (Å²) in [5.74, 6) is -1.30. The van der Waals surface area contributed by atoms with Gasteiger partial charge in [-0.2, -0.15) is 0 Å². The van der Waals surface area contributed by atoms with Gasteiger partial charge in [0, 0.05) is 11.3 Å². The highest BCUT2D eigenvalue weighted by Gasteiger charge is 2.27. The van der Waals surface area contributed by atoms with Crippen molar-refractivity contribution in [1.29, 1.82) is 0 Å². The number of benzene rings is 1. The zero-order valence-electron chi connectivity index (χ0n) is 12.1. The highest BCUT2D eigenvalue weighted by Crippen LogP contribution is 2.32. The predicted molar refractivity (Wildman–Crippen MR) is 87.4 cm³/mol. The van der Waals surface area contributed by atoms with Gasteiger partial charge in [0.05, 0.1) is 10.3 Å². The third kappa shape index (κ3) is 3.13. The second-order valence-corrected chi connectivity index (χ2v) is 6.83. The molecule has 1 aromatic heterocycles. The summed E-state index contributed by atoms with van der Waals surface area (Å²) < 4.78 is 5.49. The SMILES string of the molecule is C[C@H]1C(=O)Nc2ccc(C(=O)COC(=O)c3ccc(Cl)s3)cc21. The number of hydrogen-bond acceptors (Lipinski definition) is 5. The van der Waals surface area contributed by atoms with Crippen LogP contribution in [-0.4, -0.2) is 24.3 Å². The van der Waals surface area contributed by atoms with Gasteiger partial charge < -0.3 is 10.1 Å². The first-order chi connectivity index (χ1) is 11.0. The van der Waals surface area contributed by atoms with Crippen LogP contribution >= 0.6 is 22.9 Å². The van der Waals surface area contributed by atoms with Crippen LogP contribution in [0, 0.1) is 0 Å². The van der Waals surface area contributed by atoms with E-state index in [4.69, 9.17) is 16.3 Å². The van der Waals surface area contributed by atoms with E-state index in [9.17, 15) is 14.4 Å². The Labute approximate surface area is 141 Å². The summed E-state index contributed by atoms with van der Waals surface area (Å²) >= 11 is 6.85. The lowest BCUT2D eigenvalue weighted by Crippen LogP contribution is -2.13. The van der Waals surface area contributed by atoms with Crippen LogP contribution in [0.15, 0.2) is 30.3 Å². The Hall–Kier alpha value is -2.18. The molecule has 0 bridgehead atoms. The third-order valence-corrected chi connectivity index (χ3v) is 4.81. The van der Waals surface area contributed by atoms with E-state index in [2.05, 4.69) is 5.32 Å². The summed E-state index contributed by atoms with van der Waals surface area (Å²) in [7, 11) is 0. The van der Waals surface area contributed by atoms with Gasteiger partial charge in [0.15, 0.2) is 12.4 Å². The quantitative estimate of drug-likeness (QED) is 0.677. The molecule has 0 fully saturated rings. The maximum absolute atomic E-state index is 12.2. The van der Waals surface area contributed by atoms with Crippen molar-refractivity contribution < 1.29 is 19.1 Å². The highest BCUT2D eigenvalue weighted by molar-refractivity contribution is 7.17. The number of hydrogen-bond donors (Lipinski definition) is 1. The molecule has 0 aliphatic carbocycles. The number of anilines is 1. The smallest absolute Gasteiger partial charge is 0.348 e. The molecule has 3 rings (SSSR count). The number of rotatable bonds is 4. The fourth-order valence-electron chi connectivity index (χ4n) is 2.30. The van der Waals surface area contributed by atoms with E-state index in [0.29, 0.717) is 20.5 Å². The Balaban J connectivity index is 1.67. The number of amides is 1. The minimum Gasteiger partial charge on any atom is -0.453 e. The van der Waals surface area contributed by atoms with Crippen molar-refractivity contribution in [1.82, 2.24) is 0 Å². The van der Waals surface area contributed by atoms with Crippen molar-refractivity contribution in [2.45, 2.75) is 12.8 Å². The number of carbonyl (C=O) groups excluding carboxylic acids is 3. The summed E-state index contributed by atoms with van der Waals surface area (Å²) in [4.78, 5) is 35.9. The Morgan fingerprint density at radius 2 is 2.09 bits per heavy atom.